The highest BCUT2D eigenvalue weighted by molar-refractivity contribution is 6.34. The maximum absolute atomic E-state index is 11.9. The zero-order valence-electron chi connectivity index (χ0n) is 12.4. The summed E-state index contributed by atoms with van der Waals surface area (Å²) in [5, 5.41) is 4.11. The van der Waals surface area contributed by atoms with Gasteiger partial charge in [0, 0.05) is 23.1 Å². The molecule has 22 heavy (non-hydrogen) atoms. The van der Waals surface area contributed by atoms with Gasteiger partial charge in [-0.25, -0.2) is 0 Å². The van der Waals surface area contributed by atoms with Crippen molar-refractivity contribution in [2.75, 3.05) is 13.6 Å². The van der Waals surface area contributed by atoms with Gasteiger partial charge in [-0.3, -0.25) is 9.69 Å². The highest BCUT2D eigenvalue weighted by Crippen LogP contribution is 2.19. The number of nitrogens with zero attached hydrogens (tertiary/aromatic N) is 1. The van der Waals surface area contributed by atoms with Crippen LogP contribution in [-0.2, 0) is 17.9 Å². The van der Waals surface area contributed by atoms with Gasteiger partial charge in [-0.05, 0) is 36.4 Å². The van der Waals surface area contributed by atoms with Gasteiger partial charge in [-0.1, -0.05) is 53.5 Å². The van der Waals surface area contributed by atoms with Crippen molar-refractivity contribution in [2.24, 2.45) is 0 Å². The van der Waals surface area contributed by atoms with Crippen molar-refractivity contribution >= 4 is 29.1 Å². The fourth-order valence-corrected chi connectivity index (χ4v) is 2.74. The molecule has 0 saturated heterocycles. The summed E-state index contributed by atoms with van der Waals surface area (Å²) in [5.41, 5.74) is 2.07. The van der Waals surface area contributed by atoms with E-state index in [-0.39, 0.29) is 5.91 Å². The molecule has 0 heterocycles. The minimum atomic E-state index is -0.0144. The molecular weight excluding hydrogens is 319 g/mol. The number of carbonyl (C=O) groups is 1. The van der Waals surface area contributed by atoms with Gasteiger partial charge in [0.25, 0.3) is 0 Å². The second-order valence-corrected chi connectivity index (χ2v) is 6.09. The van der Waals surface area contributed by atoms with Crippen molar-refractivity contribution in [1.82, 2.24) is 10.2 Å². The maximum atomic E-state index is 11.9. The van der Waals surface area contributed by atoms with Crippen LogP contribution in [-0.4, -0.2) is 24.4 Å². The van der Waals surface area contributed by atoms with E-state index >= 15 is 0 Å². The highest BCUT2D eigenvalue weighted by Gasteiger charge is 2.08. The van der Waals surface area contributed by atoms with E-state index in [0.29, 0.717) is 29.7 Å². The smallest absolute Gasteiger partial charge is 0.234 e. The minimum absolute atomic E-state index is 0.0144. The Morgan fingerprint density at radius 1 is 1.05 bits per heavy atom. The Balaban J connectivity index is 1.81. The zero-order chi connectivity index (χ0) is 15.9. The van der Waals surface area contributed by atoms with Gasteiger partial charge in [0.1, 0.15) is 0 Å². The quantitative estimate of drug-likeness (QED) is 0.871. The number of rotatable bonds is 6. The maximum Gasteiger partial charge on any atom is 0.234 e. The fourth-order valence-electron chi connectivity index (χ4n) is 2.17. The van der Waals surface area contributed by atoms with Gasteiger partial charge in [-0.2, -0.15) is 0 Å². The number of likely N-dealkylation sites (N-methyl/N-ethyl adjacent to an activating group) is 1. The first-order valence-corrected chi connectivity index (χ1v) is 7.72. The highest BCUT2D eigenvalue weighted by atomic mass is 35.5. The molecule has 0 spiro atoms. The lowest BCUT2D eigenvalue weighted by Crippen LogP contribution is -2.34. The molecule has 0 aromatic heterocycles. The summed E-state index contributed by atoms with van der Waals surface area (Å²) < 4.78 is 0. The van der Waals surface area contributed by atoms with Crippen LogP contribution in [0, 0.1) is 0 Å². The standard InChI is InChI=1S/C17H18Cl2N2O/c1-21(11-14-7-15(18)9-16(19)8-14)12-17(22)20-10-13-5-3-2-4-6-13/h2-9H,10-12H2,1H3,(H,20,22). The molecule has 0 fully saturated rings. The number of halogens is 2. The summed E-state index contributed by atoms with van der Waals surface area (Å²) >= 11 is 11.9. The first-order valence-electron chi connectivity index (χ1n) is 6.97. The lowest BCUT2D eigenvalue weighted by molar-refractivity contribution is -0.122. The second-order valence-electron chi connectivity index (χ2n) is 5.21. The topological polar surface area (TPSA) is 32.3 Å². The molecule has 2 aromatic rings. The Hall–Kier alpha value is -1.55. The molecule has 2 aromatic carbocycles. The van der Waals surface area contributed by atoms with Crippen molar-refractivity contribution in [2.45, 2.75) is 13.1 Å². The molecule has 1 amide bonds. The van der Waals surface area contributed by atoms with E-state index in [1.807, 2.05) is 54.4 Å². The average molecular weight is 337 g/mol. The van der Waals surface area contributed by atoms with Gasteiger partial charge in [-0.15, -0.1) is 0 Å². The largest absolute Gasteiger partial charge is 0.351 e. The average Bonchev–Trinajstić information content (AvgIpc) is 2.45. The molecular formula is C17H18Cl2N2O. The molecule has 0 radical (unpaired) electrons. The number of benzene rings is 2. The van der Waals surface area contributed by atoms with E-state index in [1.165, 1.54) is 0 Å². The molecule has 2 rings (SSSR count). The van der Waals surface area contributed by atoms with Crippen LogP contribution in [0.2, 0.25) is 10.0 Å². The van der Waals surface area contributed by atoms with E-state index in [1.54, 1.807) is 6.07 Å². The normalized spacial score (nSPS) is 10.7. The Labute approximate surface area is 140 Å². The van der Waals surface area contributed by atoms with Crippen LogP contribution in [0.4, 0.5) is 0 Å². The second kappa shape index (κ2) is 8.18. The molecule has 1 N–H and O–H groups in total. The predicted octanol–water partition coefficient (Wildman–Crippen LogP) is 3.74. The van der Waals surface area contributed by atoms with Crippen LogP contribution < -0.4 is 5.32 Å². The molecule has 0 aliphatic rings. The Morgan fingerprint density at radius 2 is 1.68 bits per heavy atom. The van der Waals surface area contributed by atoms with Crippen LogP contribution in [0.3, 0.4) is 0 Å². The molecule has 0 unspecified atom stereocenters. The number of hydrogen-bond donors (Lipinski definition) is 1. The van der Waals surface area contributed by atoms with E-state index in [9.17, 15) is 4.79 Å². The Bertz CT molecular complexity index is 612. The lowest BCUT2D eigenvalue weighted by Gasteiger charge is -2.16. The lowest BCUT2D eigenvalue weighted by atomic mass is 10.2. The monoisotopic (exact) mass is 336 g/mol. The van der Waals surface area contributed by atoms with E-state index in [4.69, 9.17) is 23.2 Å². The molecule has 0 aliphatic carbocycles. The molecule has 3 nitrogen and oxygen atoms in total. The summed E-state index contributed by atoms with van der Waals surface area (Å²) in [6.45, 7) is 1.46. The predicted molar refractivity (Wildman–Crippen MR) is 91.1 cm³/mol. The Morgan fingerprint density at radius 3 is 2.32 bits per heavy atom. The van der Waals surface area contributed by atoms with E-state index < -0.39 is 0 Å². The molecule has 116 valence electrons. The van der Waals surface area contributed by atoms with Gasteiger partial charge < -0.3 is 5.32 Å². The van der Waals surface area contributed by atoms with Crippen LogP contribution >= 0.6 is 23.2 Å². The van der Waals surface area contributed by atoms with Crippen LogP contribution in [0.15, 0.2) is 48.5 Å². The molecule has 0 bridgehead atoms. The van der Waals surface area contributed by atoms with Gasteiger partial charge >= 0.3 is 0 Å². The summed E-state index contributed by atoms with van der Waals surface area (Å²) in [4.78, 5) is 13.9. The number of nitrogens with one attached hydrogen (secondary N) is 1. The third kappa shape index (κ3) is 5.68. The Kier molecular flexibility index (Phi) is 6.25. The van der Waals surface area contributed by atoms with Crippen molar-refractivity contribution in [3.63, 3.8) is 0 Å². The van der Waals surface area contributed by atoms with Crippen LogP contribution in [0.5, 0.6) is 0 Å². The molecule has 5 heteroatoms. The molecule has 0 saturated carbocycles. The third-order valence-electron chi connectivity index (χ3n) is 3.12. The summed E-state index contributed by atoms with van der Waals surface area (Å²) in [6, 6.07) is 15.2. The van der Waals surface area contributed by atoms with Gasteiger partial charge in [0.15, 0.2) is 0 Å². The van der Waals surface area contributed by atoms with Crippen LogP contribution in [0.1, 0.15) is 11.1 Å². The van der Waals surface area contributed by atoms with Crippen LogP contribution in [0.25, 0.3) is 0 Å². The summed E-state index contributed by atoms with van der Waals surface area (Å²) in [7, 11) is 1.89. The van der Waals surface area contributed by atoms with E-state index in [0.717, 1.165) is 11.1 Å². The number of hydrogen-bond acceptors (Lipinski definition) is 2. The molecule has 0 aliphatic heterocycles. The van der Waals surface area contributed by atoms with Crippen molar-refractivity contribution in [3.05, 3.63) is 69.7 Å². The number of amides is 1. The zero-order valence-corrected chi connectivity index (χ0v) is 13.9. The fraction of sp³-hybridized carbons (Fsp3) is 0.235. The first-order chi connectivity index (χ1) is 10.5. The van der Waals surface area contributed by atoms with E-state index in [2.05, 4.69) is 5.32 Å². The van der Waals surface area contributed by atoms with Crippen molar-refractivity contribution in [3.8, 4) is 0 Å². The van der Waals surface area contributed by atoms with Gasteiger partial charge in [0.2, 0.25) is 5.91 Å². The van der Waals surface area contributed by atoms with Crippen molar-refractivity contribution < 1.29 is 4.79 Å². The number of carbonyl (C=O) groups excluding carboxylic acids is 1. The summed E-state index contributed by atoms with van der Waals surface area (Å²) in [6.07, 6.45) is 0. The minimum Gasteiger partial charge on any atom is -0.351 e. The van der Waals surface area contributed by atoms with Crippen molar-refractivity contribution in [1.29, 1.82) is 0 Å². The first kappa shape index (κ1) is 16.8. The van der Waals surface area contributed by atoms with Gasteiger partial charge in [0.05, 0.1) is 6.54 Å². The summed E-state index contributed by atoms with van der Waals surface area (Å²) in [5.74, 6) is -0.0144. The SMILES string of the molecule is CN(CC(=O)NCc1ccccc1)Cc1cc(Cl)cc(Cl)c1. The third-order valence-corrected chi connectivity index (χ3v) is 3.56. The molecule has 0 atom stereocenters.